The molecule has 1 heterocycles. The summed E-state index contributed by atoms with van der Waals surface area (Å²) in [7, 11) is 2.82. The number of carbonyl (C=O) groups excluding carboxylic acids is 3. The third-order valence-electron chi connectivity index (χ3n) is 4.18. The van der Waals surface area contributed by atoms with Crippen LogP contribution in [0.25, 0.3) is 16.8 Å². The molecule has 1 saturated heterocycles. The Labute approximate surface area is 154 Å². The number of fused-ring (bicyclic) bond motifs is 1. The fourth-order valence-electron chi connectivity index (χ4n) is 2.83. The van der Waals surface area contributed by atoms with Crippen molar-refractivity contribution in [2.24, 2.45) is 0 Å². The lowest BCUT2D eigenvalue weighted by atomic mass is 10.0. The first kappa shape index (κ1) is 18.0. The van der Waals surface area contributed by atoms with Gasteiger partial charge in [-0.15, -0.1) is 0 Å². The largest absolute Gasteiger partial charge is 0.496 e. The van der Waals surface area contributed by atoms with E-state index in [0.717, 1.165) is 38.7 Å². The van der Waals surface area contributed by atoms with Crippen molar-refractivity contribution in [3.05, 3.63) is 46.9 Å². The van der Waals surface area contributed by atoms with Gasteiger partial charge in [0.05, 0.1) is 19.1 Å². The molecule has 3 rings (SSSR count). The van der Waals surface area contributed by atoms with Crippen molar-refractivity contribution >= 4 is 45.7 Å². The maximum Gasteiger partial charge on any atom is 0.328 e. The minimum Gasteiger partial charge on any atom is -0.496 e. The zero-order valence-electron chi connectivity index (χ0n) is 14.5. The standard InChI is InChI=1S/C19H17NO5S/c1-11(18(22)25-3)20-17(21)16(26-19(20)23)10-12-8-9-15(24-2)14-7-5-4-6-13(12)14/h4-11H,1-3H3. The summed E-state index contributed by atoms with van der Waals surface area (Å²) in [5.41, 5.74) is 0.789. The number of carbonyl (C=O) groups is 3. The predicted octanol–water partition coefficient (Wildman–Crippen LogP) is 3.45. The molecule has 2 aromatic carbocycles. The van der Waals surface area contributed by atoms with E-state index in [1.807, 2.05) is 36.4 Å². The van der Waals surface area contributed by atoms with E-state index in [-0.39, 0.29) is 4.91 Å². The smallest absolute Gasteiger partial charge is 0.328 e. The van der Waals surface area contributed by atoms with Crippen molar-refractivity contribution in [2.45, 2.75) is 13.0 Å². The van der Waals surface area contributed by atoms with Crippen LogP contribution in [-0.2, 0) is 14.3 Å². The molecule has 1 unspecified atom stereocenters. The maximum absolute atomic E-state index is 12.6. The number of hydrogen-bond acceptors (Lipinski definition) is 6. The highest BCUT2D eigenvalue weighted by atomic mass is 32.2. The van der Waals surface area contributed by atoms with Gasteiger partial charge in [0, 0.05) is 5.39 Å². The second-order valence-electron chi connectivity index (χ2n) is 5.65. The van der Waals surface area contributed by atoms with Gasteiger partial charge in [0.1, 0.15) is 11.8 Å². The molecule has 6 nitrogen and oxygen atoms in total. The molecule has 0 spiro atoms. The molecule has 26 heavy (non-hydrogen) atoms. The van der Waals surface area contributed by atoms with Crippen LogP contribution < -0.4 is 4.74 Å². The summed E-state index contributed by atoms with van der Waals surface area (Å²) in [6, 6.07) is 10.3. The summed E-state index contributed by atoms with van der Waals surface area (Å²) in [5, 5.41) is 1.32. The Balaban J connectivity index is 2.02. The second-order valence-corrected chi connectivity index (χ2v) is 6.65. The fraction of sp³-hybridized carbons (Fsp3) is 0.211. The summed E-state index contributed by atoms with van der Waals surface area (Å²) in [6.07, 6.45) is 1.66. The van der Waals surface area contributed by atoms with Gasteiger partial charge in [0.15, 0.2) is 0 Å². The van der Waals surface area contributed by atoms with Crippen LogP contribution in [0.2, 0.25) is 0 Å². The van der Waals surface area contributed by atoms with Crippen molar-refractivity contribution in [1.29, 1.82) is 0 Å². The molecular formula is C19H17NO5S. The molecule has 2 amide bonds. The third kappa shape index (κ3) is 3.06. The molecule has 1 atom stereocenters. The highest BCUT2D eigenvalue weighted by Crippen LogP contribution is 2.36. The van der Waals surface area contributed by atoms with E-state index in [2.05, 4.69) is 4.74 Å². The van der Waals surface area contributed by atoms with Gasteiger partial charge >= 0.3 is 5.97 Å². The van der Waals surface area contributed by atoms with Crippen LogP contribution in [0.15, 0.2) is 41.3 Å². The van der Waals surface area contributed by atoms with Crippen molar-refractivity contribution < 1.29 is 23.9 Å². The number of thioether (sulfide) groups is 1. The Morgan fingerprint density at radius 2 is 1.81 bits per heavy atom. The lowest BCUT2D eigenvalue weighted by Gasteiger charge is -2.18. The minimum atomic E-state index is -0.967. The molecule has 0 aliphatic carbocycles. The van der Waals surface area contributed by atoms with E-state index in [4.69, 9.17) is 4.74 Å². The molecule has 1 fully saturated rings. The molecule has 0 N–H and O–H groups in total. The van der Waals surface area contributed by atoms with Gasteiger partial charge in [0.2, 0.25) is 0 Å². The number of imide groups is 1. The van der Waals surface area contributed by atoms with E-state index in [1.54, 1.807) is 13.2 Å². The third-order valence-corrected chi connectivity index (χ3v) is 5.06. The lowest BCUT2D eigenvalue weighted by molar-refractivity contribution is -0.148. The number of ether oxygens (including phenoxy) is 2. The minimum absolute atomic E-state index is 0.265. The van der Waals surface area contributed by atoms with E-state index < -0.39 is 23.2 Å². The highest BCUT2D eigenvalue weighted by molar-refractivity contribution is 8.18. The van der Waals surface area contributed by atoms with Gasteiger partial charge in [-0.2, -0.15) is 0 Å². The van der Waals surface area contributed by atoms with E-state index in [0.29, 0.717) is 0 Å². The zero-order valence-corrected chi connectivity index (χ0v) is 15.3. The normalized spacial score (nSPS) is 17.0. The van der Waals surface area contributed by atoms with Gasteiger partial charge in [-0.3, -0.25) is 14.5 Å². The molecule has 1 aliphatic heterocycles. The number of esters is 1. The monoisotopic (exact) mass is 371 g/mol. The Morgan fingerprint density at radius 1 is 1.12 bits per heavy atom. The van der Waals surface area contributed by atoms with Gasteiger partial charge in [-0.05, 0) is 41.8 Å². The average Bonchev–Trinajstić information content (AvgIpc) is 2.94. The van der Waals surface area contributed by atoms with Crippen molar-refractivity contribution in [3.63, 3.8) is 0 Å². The number of methoxy groups -OCH3 is 2. The van der Waals surface area contributed by atoms with E-state index in [1.165, 1.54) is 14.0 Å². The molecular weight excluding hydrogens is 354 g/mol. The lowest BCUT2D eigenvalue weighted by Crippen LogP contribution is -2.42. The molecule has 0 saturated carbocycles. The molecule has 2 aromatic rings. The van der Waals surface area contributed by atoms with Crippen molar-refractivity contribution in [3.8, 4) is 5.75 Å². The molecule has 0 radical (unpaired) electrons. The van der Waals surface area contributed by atoms with Crippen LogP contribution in [0.1, 0.15) is 12.5 Å². The summed E-state index contributed by atoms with van der Waals surface area (Å²) in [6.45, 7) is 1.47. The Kier molecular flexibility index (Phi) is 4.99. The molecule has 0 aromatic heterocycles. The topological polar surface area (TPSA) is 72.9 Å². The number of rotatable bonds is 4. The first-order valence-corrected chi connectivity index (χ1v) is 8.70. The fourth-order valence-corrected chi connectivity index (χ4v) is 3.73. The van der Waals surface area contributed by atoms with Crippen LogP contribution in [0.4, 0.5) is 4.79 Å². The Hall–Kier alpha value is -2.80. The summed E-state index contributed by atoms with van der Waals surface area (Å²) in [4.78, 5) is 37.7. The van der Waals surface area contributed by atoms with Crippen molar-refractivity contribution in [2.75, 3.05) is 14.2 Å². The number of amides is 2. The van der Waals surface area contributed by atoms with Crippen molar-refractivity contribution in [1.82, 2.24) is 4.90 Å². The SMILES string of the molecule is COC(=O)C(C)N1C(=O)SC(=Cc2ccc(OC)c3ccccc23)C1=O. The predicted molar refractivity (Wildman–Crippen MR) is 99.8 cm³/mol. The zero-order chi connectivity index (χ0) is 18.8. The van der Waals surface area contributed by atoms with Gasteiger partial charge in [-0.25, -0.2) is 4.79 Å². The maximum atomic E-state index is 12.6. The summed E-state index contributed by atoms with van der Waals surface area (Å²) >= 11 is 0.811. The van der Waals surface area contributed by atoms with E-state index in [9.17, 15) is 14.4 Å². The Bertz CT molecular complexity index is 937. The number of benzene rings is 2. The molecule has 7 heteroatoms. The van der Waals surface area contributed by atoms with Crippen LogP contribution in [0.5, 0.6) is 5.75 Å². The number of nitrogens with zero attached hydrogens (tertiary/aromatic N) is 1. The molecule has 134 valence electrons. The highest BCUT2D eigenvalue weighted by Gasteiger charge is 2.41. The number of hydrogen-bond donors (Lipinski definition) is 0. The first-order chi connectivity index (χ1) is 12.5. The van der Waals surface area contributed by atoms with Crippen LogP contribution in [-0.4, -0.2) is 42.3 Å². The average molecular weight is 371 g/mol. The Morgan fingerprint density at radius 3 is 2.46 bits per heavy atom. The van der Waals surface area contributed by atoms with E-state index >= 15 is 0 Å². The van der Waals surface area contributed by atoms with Crippen LogP contribution >= 0.6 is 11.8 Å². The quantitative estimate of drug-likeness (QED) is 0.605. The second kappa shape index (κ2) is 7.21. The summed E-state index contributed by atoms with van der Waals surface area (Å²) in [5.74, 6) is -0.411. The van der Waals surface area contributed by atoms with Gasteiger partial charge in [-0.1, -0.05) is 30.3 Å². The molecule has 0 bridgehead atoms. The van der Waals surface area contributed by atoms with Crippen LogP contribution in [0.3, 0.4) is 0 Å². The van der Waals surface area contributed by atoms with Crippen LogP contribution in [0, 0.1) is 0 Å². The van der Waals surface area contributed by atoms with Gasteiger partial charge < -0.3 is 9.47 Å². The molecule has 1 aliphatic rings. The van der Waals surface area contributed by atoms with Gasteiger partial charge in [0.25, 0.3) is 11.1 Å². The summed E-state index contributed by atoms with van der Waals surface area (Å²) < 4.78 is 10.0. The first-order valence-electron chi connectivity index (χ1n) is 7.88.